The molecular weight excluding hydrogens is 256 g/mol. The van der Waals surface area contributed by atoms with Gasteiger partial charge in [-0.3, -0.25) is 4.79 Å². The number of hydrogen-bond acceptors (Lipinski definition) is 4. The molecule has 0 unspecified atom stereocenters. The van der Waals surface area contributed by atoms with Crippen molar-refractivity contribution in [3.05, 3.63) is 23.8 Å². The van der Waals surface area contributed by atoms with Crippen LogP contribution in [-0.2, 0) is 4.74 Å². The Morgan fingerprint density at radius 1 is 1.30 bits per heavy atom. The molecule has 5 nitrogen and oxygen atoms in total. The van der Waals surface area contributed by atoms with Gasteiger partial charge in [0.1, 0.15) is 6.61 Å². The fraction of sp³-hybridized carbons (Fsp3) is 0.533. The average molecular weight is 276 g/mol. The Labute approximate surface area is 118 Å². The summed E-state index contributed by atoms with van der Waals surface area (Å²) in [6.07, 6.45) is 1.80. The molecule has 3 rings (SSSR count). The number of rotatable bonds is 2. The largest absolute Gasteiger partial charge is 0.489 e. The van der Waals surface area contributed by atoms with E-state index >= 15 is 0 Å². The summed E-state index contributed by atoms with van der Waals surface area (Å²) in [5, 5.41) is 3.26. The van der Waals surface area contributed by atoms with Crippen LogP contribution in [0.5, 0.6) is 5.75 Å². The summed E-state index contributed by atoms with van der Waals surface area (Å²) in [6.45, 7) is 2.83. The van der Waals surface area contributed by atoms with E-state index in [1.54, 1.807) is 0 Å². The molecule has 1 amide bonds. The van der Waals surface area contributed by atoms with Crippen molar-refractivity contribution in [1.82, 2.24) is 4.90 Å². The van der Waals surface area contributed by atoms with Crippen LogP contribution in [0.15, 0.2) is 18.2 Å². The lowest BCUT2D eigenvalue weighted by Crippen LogP contribution is -2.41. The summed E-state index contributed by atoms with van der Waals surface area (Å²) in [5.74, 6) is 0.708. The van der Waals surface area contributed by atoms with Crippen molar-refractivity contribution in [2.45, 2.75) is 18.9 Å². The van der Waals surface area contributed by atoms with Crippen LogP contribution in [0.2, 0.25) is 0 Å². The number of carbonyl (C=O) groups is 1. The van der Waals surface area contributed by atoms with Crippen molar-refractivity contribution < 1.29 is 14.3 Å². The zero-order valence-corrected chi connectivity index (χ0v) is 11.7. The fourth-order valence-corrected chi connectivity index (χ4v) is 2.77. The zero-order chi connectivity index (χ0) is 13.9. The number of ether oxygens (including phenoxy) is 2. The topological polar surface area (TPSA) is 50.8 Å². The highest BCUT2D eigenvalue weighted by Crippen LogP contribution is 2.32. The van der Waals surface area contributed by atoms with Gasteiger partial charge in [0.05, 0.1) is 11.3 Å². The fourth-order valence-electron chi connectivity index (χ4n) is 2.77. The lowest BCUT2D eigenvalue weighted by Gasteiger charge is -2.32. The minimum Gasteiger partial charge on any atom is -0.489 e. The quantitative estimate of drug-likeness (QED) is 0.894. The molecule has 0 bridgehead atoms. The molecule has 0 spiro atoms. The second kappa shape index (κ2) is 5.71. The number of nitrogens with one attached hydrogen (secondary N) is 1. The van der Waals surface area contributed by atoms with Gasteiger partial charge in [-0.25, -0.2) is 0 Å². The van der Waals surface area contributed by atoms with Crippen LogP contribution in [0.25, 0.3) is 0 Å². The molecule has 2 aliphatic heterocycles. The smallest absolute Gasteiger partial charge is 0.257 e. The maximum Gasteiger partial charge on any atom is 0.257 e. The van der Waals surface area contributed by atoms with E-state index in [4.69, 9.17) is 9.47 Å². The lowest BCUT2D eigenvalue weighted by molar-refractivity contribution is 0.0360. The van der Waals surface area contributed by atoms with Crippen LogP contribution < -0.4 is 10.1 Å². The van der Waals surface area contributed by atoms with Crippen LogP contribution in [-0.4, -0.2) is 50.3 Å². The number of anilines is 1. The lowest BCUT2D eigenvalue weighted by atomic mass is 10.1. The number of hydrogen-bond donors (Lipinski definition) is 1. The Morgan fingerprint density at radius 2 is 2.10 bits per heavy atom. The molecule has 20 heavy (non-hydrogen) atoms. The van der Waals surface area contributed by atoms with Gasteiger partial charge in [0, 0.05) is 32.8 Å². The Morgan fingerprint density at radius 3 is 2.90 bits per heavy atom. The van der Waals surface area contributed by atoms with Crippen molar-refractivity contribution in [3.8, 4) is 5.75 Å². The molecule has 1 aromatic rings. The van der Waals surface area contributed by atoms with E-state index < -0.39 is 0 Å². The molecule has 5 heteroatoms. The molecular formula is C15H20N2O3. The minimum absolute atomic E-state index is 0.0254. The van der Waals surface area contributed by atoms with E-state index in [2.05, 4.69) is 5.32 Å². The summed E-state index contributed by atoms with van der Waals surface area (Å²) < 4.78 is 11.0. The third-order valence-electron chi connectivity index (χ3n) is 3.97. The van der Waals surface area contributed by atoms with Crippen molar-refractivity contribution in [1.29, 1.82) is 0 Å². The summed E-state index contributed by atoms with van der Waals surface area (Å²) in [4.78, 5) is 14.5. The molecule has 1 saturated heterocycles. The minimum atomic E-state index is 0.0254. The maximum atomic E-state index is 12.7. The summed E-state index contributed by atoms with van der Waals surface area (Å²) in [7, 11) is 1.87. The van der Waals surface area contributed by atoms with E-state index in [1.165, 1.54) is 0 Å². The summed E-state index contributed by atoms with van der Waals surface area (Å²) in [5.41, 5.74) is 1.55. The molecule has 1 fully saturated rings. The van der Waals surface area contributed by atoms with E-state index in [0.29, 0.717) is 17.9 Å². The van der Waals surface area contributed by atoms with Gasteiger partial charge in [-0.15, -0.1) is 0 Å². The first-order valence-electron chi connectivity index (χ1n) is 7.12. The van der Waals surface area contributed by atoms with Gasteiger partial charge in [-0.1, -0.05) is 6.07 Å². The number of nitrogens with zero attached hydrogens (tertiary/aromatic N) is 1. The first-order valence-corrected chi connectivity index (χ1v) is 7.12. The Kier molecular flexibility index (Phi) is 3.78. The van der Waals surface area contributed by atoms with E-state index in [0.717, 1.165) is 38.3 Å². The average Bonchev–Trinajstić information content (AvgIpc) is 2.54. The molecule has 2 aliphatic rings. The molecule has 1 aromatic carbocycles. The molecule has 0 saturated carbocycles. The number of amides is 1. The molecule has 0 aliphatic carbocycles. The van der Waals surface area contributed by atoms with Gasteiger partial charge in [0.2, 0.25) is 0 Å². The molecule has 0 radical (unpaired) electrons. The highest BCUT2D eigenvalue weighted by atomic mass is 16.5. The van der Waals surface area contributed by atoms with E-state index in [9.17, 15) is 4.79 Å². The Hall–Kier alpha value is -1.75. The molecule has 0 aromatic heterocycles. The van der Waals surface area contributed by atoms with Gasteiger partial charge in [0.15, 0.2) is 5.75 Å². The van der Waals surface area contributed by atoms with Crippen LogP contribution >= 0.6 is 0 Å². The van der Waals surface area contributed by atoms with Crippen LogP contribution in [0.1, 0.15) is 23.2 Å². The predicted octanol–water partition coefficient (Wildman–Crippen LogP) is 1.74. The molecule has 1 N–H and O–H groups in total. The Balaban J connectivity index is 1.83. The molecule has 0 atom stereocenters. The zero-order valence-electron chi connectivity index (χ0n) is 11.7. The third kappa shape index (κ3) is 2.45. The van der Waals surface area contributed by atoms with Gasteiger partial charge in [-0.05, 0) is 25.0 Å². The van der Waals surface area contributed by atoms with Crippen molar-refractivity contribution >= 4 is 11.6 Å². The maximum absolute atomic E-state index is 12.7. The summed E-state index contributed by atoms with van der Waals surface area (Å²) >= 11 is 0. The second-order valence-electron chi connectivity index (χ2n) is 5.22. The van der Waals surface area contributed by atoms with Gasteiger partial charge in [-0.2, -0.15) is 0 Å². The highest BCUT2D eigenvalue weighted by Gasteiger charge is 2.27. The van der Waals surface area contributed by atoms with Crippen LogP contribution in [0.4, 0.5) is 5.69 Å². The normalized spacial score (nSPS) is 18.6. The van der Waals surface area contributed by atoms with Gasteiger partial charge in [0.25, 0.3) is 5.91 Å². The molecule has 108 valence electrons. The van der Waals surface area contributed by atoms with Crippen molar-refractivity contribution in [3.63, 3.8) is 0 Å². The van der Waals surface area contributed by atoms with Crippen LogP contribution in [0, 0.1) is 0 Å². The van der Waals surface area contributed by atoms with Gasteiger partial charge >= 0.3 is 0 Å². The van der Waals surface area contributed by atoms with Gasteiger partial charge < -0.3 is 19.7 Å². The van der Waals surface area contributed by atoms with E-state index in [1.807, 2.05) is 30.1 Å². The first-order chi connectivity index (χ1) is 9.77. The first kappa shape index (κ1) is 13.2. The number of fused-ring (bicyclic) bond motifs is 1. The van der Waals surface area contributed by atoms with Crippen LogP contribution in [0.3, 0.4) is 0 Å². The second-order valence-corrected chi connectivity index (χ2v) is 5.22. The Bertz CT molecular complexity index is 498. The predicted molar refractivity (Wildman–Crippen MR) is 76.4 cm³/mol. The third-order valence-corrected chi connectivity index (χ3v) is 3.97. The van der Waals surface area contributed by atoms with E-state index in [-0.39, 0.29) is 11.9 Å². The molecule has 2 heterocycles. The summed E-state index contributed by atoms with van der Waals surface area (Å²) in [6, 6.07) is 5.93. The number of benzene rings is 1. The number of carbonyl (C=O) groups excluding carboxylic acids is 1. The van der Waals surface area contributed by atoms with Crippen molar-refractivity contribution in [2.24, 2.45) is 0 Å². The SMILES string of the molecule is CN(C(=O)c1cccc2c1OCCN2)C1CCOCC1. The van der Waals surface area contributed by atoms with Crippen molar-refractivity contribution in [2.75, 3.05) is 38.7 Å². The highest BCUT2D eigenvalue weighted by molar-refractivity contribution is 5.99. The number of para-hydroxylation sites is 1. The standard InChI is InChI=1S/C15H20N2O3/c1-17(11-5-8-19-9-6-11)15(18)12-3-2-4-13-14(12)20-10-7-16-13/h2-4,11,16H,5-10H2,1H3. The monoisotopic (exact) mass is 276 g/mol.